The van der Waals surface area contributed by atoms with E-state index in [1.807, 2.05) is 0 Å². The molecule has 2 N–H and O–H groups in total. The van der Waals surface area contributed by atoms with Crippen LogP contribution in [-0.4, -0.2) is 7.11 Å². The van der Waals surface area contributed by atoms with Gasteiger partial charge in [-0.1, -0.05) is 29.8 Å². The summed E-state index contributed by atoms with van der Waals surface area (Å²) in [6.07, 6.45) is 0.392. The van der Waals surface area contributed by atoms with Crippen LogP contribution in [0.25, 0.3) is 0 Å². The summed E-state index contributed by atoms with van der Waals surface area (Å²) >= 11 is 5.97. The van der Waals surface area contributed by atoms with Gasteiger partial charge in [-0.15, -0.1) is 0 Å². The van der Waals surface area contributed by atoms with Crippen molar-refractivity contribution < 1.29 is 9.13 Å². The second kappa shape index (κ2) is 6.04. The fourth-order valence-corrected chi connectivity index (χ4v) is 2.19. The molecule has 0 fully saturated rings. The van der Waals surface area contributed by atoms with Crippen LogP contribution in [0.1, 0.15) is 17.2 Å². The van der Waals surface area contributed by atoms with E-state index < -0.39 is 0 Å². The SMILES string of the molecule is COc1ccc(Cl)cc1C(N)Cc1ccccc1F. The summed E-state index contributed by atoms with van der Waals surface area (Å²) in [6, 6.07) is 11.5. The van der Waals surface area contributed by atoms with Crippen LogP contribution in [-0.2, 0) is 6.42 Å². The molecule has 2 rings (SSSR count). The van der Waals surface area contributed by atoms with E-state index in [0.29, 0.717) is 22.8 Å². The molecule has 1 unspecified atom stereocenters. The van der Waals surface area contributed by atoms with Gasteiger partial charge in [0.05, 0.1) is 7.11 Å². The lowest BCUT2D eigenvalue weighted by Crippen LogP contribution is -2.15. The third kappa shape index (κ3) is 3.25. The topological polar surface area (TPSA) is 35.2 Å². The third-order valence-electron chi connectivity index (χ3n) is 2.99. The highest BCUT2D eigenvalue weighted by Crippen LogP contribution is 2.29. The van der Waals surface area contributed by atoms with Crippen LogP contribution in [0.3, 0.4) is 0 Å². The highest BCUT2D eigenvalue weighted by molar-refractivity contribution is 6.30. The van der Waals surface area contributed by atoms with Crippen molar-refractivity contribution in [3.8, 4) is 5.75 Å². The molecule has 100 valence electrons. The number of rotatable bonds is 4. The monoisotopic (exact) mass is 279 g/mol. The lowest BCUT2D eigenvalue weighted by molar-refractivity contribution is 0.405. The van der Waals surface area contributed by atoms with Gasteiger partial charge in [-0.2, -0.15) is 0 Å². The van der Waals surface area contributed by atoms with Gasteiger partial charge >= 0.3 is 0 Å². The Morgan fingerprint density at radius 3 is 2.68 bits per heavy atom. The van der Waals surface area contributed by atoms with E-state index in [2.05, 4.69) is 0 Å². The molecule has 0 spiro atoms. The first-order valence-corrected chi connectivity index (χ1v) is 6.32. The summed E-state index contributed by atoms with van der Waals surface area (Å²) in [6.45, 7) is 0. The van der Waals surface area contributed by atoms with E-state index in [-0.39, 0.29) is 11.9 Å². The fourth-order valence-electron chi connectivity index (χ4n) is 2.01. The Hall–Kier alpha value is -1.58. The maximum atomic E-state index is 13.6. The Labute approximate surface area is 117 Å². The van der Waals surface area contributed by atoms with Crippen LogP contribution in [0, 0.1) is 5.82 Å². The molecule has 0 saturated heterocycles. The lowest BCUT2D eigenvalue weighted by Gasteiger charge is -2.16. The molecule has 2 aromatic carbocycles. The van der Waals surface area contributed by atoms with Gasteiger partial charge in [0, 0.05) is 16.6 Å². The maximum Gasteiger partial charge on any atom is 0.126 e. The summed E-state index contributed by atoms with van der Waals surface area (Å²) in [5, 5.41) is 0.583. The van der Waals surface area contributed by atoms with Gasteiger partial charge in [0.2, 0.25) is 0 Å². The van der Waals surface area contributed by atoms with Gasteiger partial charge in [-0.05, 0) is 36.2 Å². The van der Waals surface area contributed by atoms with Gasteiger partial charge in [0.1, 0.15) is 11.6 Å². The van der Waals surface area contributed by atoms with Crippen LogP contribution in [0.5, 0.6) is 5.75 Å². The molecule has 1 atom stereocenters. The van der Waals surface area contributed by atoms with Crippen LogP contribution >= 0.6 is 11.6 Å². The molecular weight excluding hydrogens is 265 g/mol. The maximum absolute atomic E-state index is 13.6. The number of hydrogen-bond acceptors (Lipinski definition) is 2. The zero-order valence-electron chi connectivity index (χ0n) is 10.6. The minimum Gasteiger partial charge on any atom is -0.496 e. The van der Waals surface area contributed by atoms with Gasteiger partial charge in [0.25, 0.3) is 0 Å². The van der Waals surface area contributed by atoms with Crippen molar-refractivity contribution in [2.75, 3.05) is 7.11 Å². The van der Waals surface area contributed by atoms with E-state index in [4.69, 9.17) is 22.1 Å². The predicted octanol–water partition coefficient (Wildman–Crippen LogP) is 3.73. The zero-order valence-corrected chi connectivity index (χ0v) is 11.3. The van der Waals surface area contributed by atoms with E-state index in [1.165, 1.54) is 6.07 Å². The minimum atomic E-state index is -0.370. The van der Waals surface area contributed by atoms with E-state index in [9.17, 15) is 4.39 Å². The number of ether oxygens (including phenoxy) is 1. The number of methoxy groups -OCH3 is 1. The molecule has 0 radical (unpaired) electrons. The second-order valence-corrected chi connectivity index (χ2v) is 4.72. The van der Waals surface area contributed by atoms with Crippen molar-refractivity contribution >= 4 is 11.6 Å². The molecule has 0 saturated carbocycles. The third-order valence-corrected chi connectivity index (χ3v) is 3.22. The van der Waals surface area contributed by atoms with Crippen LogP contribution in [0.15, 0.2) is 42.5 Å². The largest absolute Gasteiger partial charge is 0.496 e. The van der Waals surface area contributed by atoms with Crippen molar-refractivity contribution in [2.24, 2.45) is 5.73 Å². The van der Waals surface area contributed by atoms with Gasteiger partial charge in [-0.3, -0.25) is 0 Å². The smallest absolute Gasteiger partial charge is 0.126 e. The van der Waals surface area contributed by atoms with Crippen LogP contribution in [0.4, 0.5) is 4.39 Å². The summed E-state index contributed by atoms with van der Waals surface area (Å²) in [4.78, 5) is 0. The summed E-state index contributed by atoms with van der Waals surface area (Å²) < 4.78 is 18.9. The first kappa shape index (κ1) is 13.8. The summed E-state index contributed by atoms with van der Waals surface area (Å²) in [5.41, 5.74) is 7.49. The minimum absolute atomic E-state index is 0.251. The molecule has 2 nitrogen and oxygen atoms in total. The Bertz CT molecular complexity index is 574. The number of nitrogens with two attached hydrogens (primary N) is 1. The van der Waals surface area contributed by atoms with E-state index >= 15 is 0 Å². The quantitative estimate of drug-likeness (QED) is 0.925. The fraction of sp³-hybridized carbons (Fsp3) is 0.200. The Balaban J connectivity index is 2.27. The van der Waals surface area contributed by atoms with Crippen molar-refractivity contribution in [3.63, 3.8) is 0 Å². The number of hydrogen-bond donors (Lipinski definition) is 1. The Morgan fingerprint density at radius 2 is 2.00 bits per heavy atom. The molecule has 19 heavy (non-hydrogen) atoms. The molecule has 2 aromatic rings. The summed E-state index contributed by atoms with van der Waals surface area (Å²) in [5.74, 6) is 0.409. The average Bonchev–Trinajstić information content (AvgIpc) is 2.41. The first-order chi connectivity index (χ1) is 9.11. The normalized spacial score (nSPS) is 12.2. The predicted molar refractivity (Wildman–Crippen MR) is 75.0 cm³/mol. The van der Waals surface area contributed by atoms with Gasteiger partial charge in [0.15, 0.2) is 0 Å². The molecule has 4 heteroatoms. The highest BCUT2D eigenvalue weighted by Gasteiger charge is 2.15. The van der Waals surface area contributed by atoms with Gasteiger partial charge < -0.3 is 10.5 Å². The standard InChI is InChI=1S/C15H15ClFNO/c1-19-15-7-6-11(16)9-12(15)14(18)8-10-4-2-3-5-13(10)17/h2-7,9,14H,8,18H2,1H3. The number of halogens is 2. The molecule has 0 aromatic heterocycles. The summed E-state index contributed by atoms with van der Waals surface area (Å²) in [7, 11) is 1.57. The second-order valence-electron chi connectivity index (χ2n) is 4.29. The van der Waals surface area contributed by atoms with Crippen LogP contribution < -0.4 is 10.5 Å². The Morgan fingerprint density at radius 1 is 1.26 bits per heavy atom. The lowest BCUT2D eigenvalue weighted by atomic mass is 9.98. The molecular formula is C15H15ClFNO. The van der Waals surface area contributed by atoms with Crippen LogP contribution in [0.2, 0.25) is 5.02 Å². The van der Waals surface area contributed by atoms with Gasteiger partial charge in [-0.25, -0.2) is 4.39 Å². The van der Waals surface area contributed by atoms with E-state index in [0.717, 1.165) is 5.56 Å². The molecule has 0 bridgehead atoms. The van der Waals surface area contributed by atoms with Crippen molar-refractivity contribution in [1.82, 2.24) is 0 Å². The highest BCUT2D eigenvalue weighted by atomic mass is 35.5. The van der Waals surface area contributed by atoms with Crippen molar-refractivity contribution in [2.45, 2.75) is 12.5 Å². The van der Waals surface area contributed by atoms with Crippen molar-refractivity contribution in [3.05, 3.63) is 64.4 Å². The van der Waals surface area contributed by atoms with Crippen molar-refractivity contribution in [1.29, 1.82) is 0 Å². The molecule has 0 aliphatic heterocycles. The molecule has 0 heterocycles. The number of benzene rings is 2. The first-order valence-electron chi connectivity index (χ1n) is 5.94. The van der Waals surface area contributed by atoms with E-state index in [1.54, 1.807) is 43.5 Å². The average molecular weight is 280 g/mol. The Kier molecular flexibility index (Phi) is 4.40. The molecule has 0 amide bonds. The zero-order chi connectivity index (χ0) is 13.8. The molecule has 0 aliphatic carbocycles. The molecule has 0 aliphatic rings.